The summed E-state index contributed by atoms with van der Waals surface area (Å²) in [5.74, 6) is 0.852. The topological polar surface area (TPSA) is 25.8 Å². The number of aryl methyl sites for hydroxylation is 1. The number of thioether (sulfide) groups is 1. The van der Waals surface area contributed by atoms with Gasteiger partial charge in [0.1, 0.15) is 10.2 Å². The SMILES string of the molecule is Cc1csc(SCc2nc(Cl)cs2)n1. The first-order chi connectivity index (χ1) is 6.74. The second-order valence-corrected chi connectivity index (χ2v) is 6.02. The Morgan fingerprint density at radius 1 is 1.36 bits per heavy atom. The van der Waals surface area contributed by atoms with Crippen LogP contribution in [-0.4, -0.2) is 9.97 Å². The molecule has 0 aliphatic rings. The van der Waals surface area contributed by atoms with Crippen LogP contribution in [0.25, 0.3) is 0 Å². The second-order valence-electron chi connectivity index (χ2n) is 2.61. The fraction of sp³-hybridized carbons (Fsp3) is 0.250. The number of hydrogen-bond acceptors (Lipinski definition) is 5. The molecule has 0 unspecified atom stereocenters. The minimum absolute atomic E-state index is 0.584. The van der Waals surface area contributed by atoms with Gasteiger partial charge in [-0.3, -0.25) is 0 Å². The summed E-state index contributed by atoms with van der Waals surface area (Å²) in [6.45, 7) is 2.00. The van der Waals surface area contributed by atoms with Crippen LogP contribution >= 0.6 is 46.0 Å². The maximum absolute atomic E-state index is 5.72. The minimum Gasteiger partial charge on any atom is -0.235 e. The molecule has 2 nitrogen and oxygen atoms in total. The summed E-state index contributed by atoms with van der Waals surface area (Å²) in [4.78, 5) is 8.53. The van der Waals surface area contributed by atoms with E-state index in [2.05, 4.69) is 15.3 Å². The standard InChI is InChI=1S/C8H7ClN2S3/c1-5-2-13-8(10-5)14-4-7-11-6(9)3-12-7/h2-3H,4H2,1H3. The van der Waals surface area contributed by atoms with Crippen molar-refractivity contribution in [1.29, 1.82) is 0 Å². The number of thiazole rings is 2. The molecule has 6 heteroatoms. The van der Waals surface area contributed by atoms with Crippen LogP contribution < -0.4 is 0 Å². The molecule has 0 radical (unpaired) electrons. The highest BCUT2D eigenvalue weighted by atomic mass is 35.5. The first-order valence-corrected chi connectivity index (χ1v) is 7.01. The highest BCUT2D eigenvalue weighted by Gasteiger charge is 2.03. The van der Waals surface area contributed by atoms with Gasteiger partial charge in [-0.2, -0.15) is 0 Å². The number of halogens is 1. The third kappa shape index (κ3) is 2.70. The van der Waals surface area contributed by atoms with Crippen LogP contribution in [0.15, 0.2) is 15.1 Å². The van der Waals surface area contributed by atoms with Crippen LogP contribution in [0, 0.1) is 6.92 Å². The molecule has 0 saturated heterocycles. The van der Waals surface area contributed by atoms with Crippen LogP contribution in [0.4, 0.5) is 0 Å². The fourth-order valence-electron chi connectivity index (χ4n) is 0.877. The molecule has 0 saturated carbocycles. The van der Waals surface area contributed by atoms with E-state index in [1.54, 1.807) is 34.4 Å². The van der Waals surface area contributed by atoms with Crippen molar-refractivity contribution in [2.24, 2.45) is 0 Å². The molecule has 0 aliphatic carbocycles. The number of rotatable bonds is 3. The van der Waals surface area contributed by atoms with E-state index in [1.807, 2.05) is 12.3 Å². The van der Waals surface area contributed by atoms with Crippen molar-refractivity contribution in [1.82, 2.24) is 9.97 Å². The molecule has 2 aromatic rings. The molecular formula is C8H7ClN2S3. The van der Waals surface area contributed by atoms with E-state index in [-0.39, 0.29) is 0 Å². The molecule has 2 heterocycles. The monoisotopic (exact) mass is 262 g/mol. The number of aromatic nitrogens is 2. The van der Waals surface area contributed by atoms with E-state index in [1.165, 1.54) is 0 Å². The lowest BCUT2D eigenvalue weighted by molar-refractivity contribution is 1.15. The van der Waals surface area contributed by atoms with Crippen LogP contribution in [-0.2, 0) is 5.75 Å². The van der Waals surface area contributed by atoms with Gasteiger partial charge in [0.2, 0.25) is 0 Å². The first-order valence-electron chi connectivity index (χ1n) is 3.89. The van der Waals surface area contributed by atoms with Crippen molar-refractivity contribution in [3.05, 3.63) is 26.6 Å². The third-order valence-corrected chi connectivity index (χ3v) is 4.95. The lowest BCUT2D eigenvalue weighted by atomic mass is 10.6. The zero-order valence-electron chi connectivity index (χ0n) is 7.36. The van der Waals surface area contributed by atoms with E-state index in [4.69, 9.17) is 11.6 Å². The summed E-state index contributed by atoms with van der Waals surface area (Å²) in [6, 6.07) is 0. The smallest absolute Gasteiger partial charge is 0.150 e. The van der Waals surface area contributed by atoms with Gasteiger partial charge in [0, 0.05) is 16.5 Å². The Morgan fingerprint density at radius 2 is 2.21 bits per heavy atom. The molecule has 2 rings (SSSR count). The quantitative estimate of drug-likeness (QED) is 0.786. The average Bonchev–Trinajstić information content (AvgIpc) is 2.72. The summed E-state index contributed by atoms with van der Waals surface area (Å²) >= 11 is 10.7. The highest BCUT2D eigenvalue weighted by molar-refractivity contribution is 8.00. The zero-order chi connectivity index (χ0) is 9.97. The van der Waals surface area contributed by atoms with Crippen LogP contribution in [0.5, 0.6) is 0 Å². The Bertz CT molecular complexity index is 383. The van der Waals surface area contributed by atoms with Gasteiger partial charge >= 0.3 is 0 Å². The lowest BCUT2D eigenvalue weighted by Crippen LogP contribution is -1.77. The van der Waals surface area contributed by atoms with Gasteiger partial charge in [-0.25, -0.2) is 9.97 Å². The maximum atomic E-state index is 5.72. The van der Waals surface area contributed by atoms with Gasteiger partial charge in [-0.05, 0) is 6.92 Å². The van der Waals surface area contributed by atoms with Crippen LogP contribution in [0.2, 0.25) is 5.15 Å². The van der Waals surface area contributed by atoms with Gasteiger partial charge in [-0.15, -0.1) is 22.7 Å². The molecule has 2 aromatic heterocycles. The first kappa shape index (κ1) is 10.4. The van der Waals surface area contributed by atoms with Gasteiger partial charge in [0.25, 0.3) is 0 Å². The molecule has 0 bridgehead atoms. The summed E-state index contributed by atoms with van der Waals surface area (Å²) in [6.07, 6.45) is 0. The second kappa shape index (κ2) is 4.61. The predicted octanol–water partition coefficient (Wildman–Crippen LogP) is 3.85. The molecule has 0 atom stereocenters. The molecule has 0 spiro atoms. The molecule has 74 valence electrons. The Kier molecular flexibility index (Phi) is 3.43. The van der Waals surface area contributed by atoms with E-state index in [9.17, 15) is 0 Å². The minimum atomic E-state index is 0.584. The Hall–Kier alpha value is -0.100. The molecule has 0 amide bonds. The summed E-state index contributed by atoms with van der Waals surface area (Å²) in [5.41, 5.74) is 1.08. The van der Waals surface area contributed by atoms with E-state index < -0.39 is 0 Å². The maximum Gasteiger partial charge on any atom is 0.150 e. The summed E-state index contributed by atoms with van der Waals surface area (Å²) < 4.78 is 1.09. The van der Waals surface area contributed by atoms with Gasteiger partial charge < -0.3 is 0 Å². The third-order valence-electron chi connectivity index (χ3n) is 1.44. The normalized spacial score (nSPS) is 10.7. The Balaban J connectivity index is 1.94. The van der Waals surface area contributed by atoms with E-state index in [0.29, 0.717) is 5.15 Å². The fourth-order valence-corrected chi connectivity index (χ4v) is 3.68. The highest BCUT2D eigenvalue weighted by Crippen LogP contribution is 2.27. The van der Waals surface area contributed by atoms with Gasteiger partial charge in [-0.1, -0.05) is 23.4 Å². The number of nitrogens with zero attached hydrogens (tertiary/aromatic N) is 2. The summed E-state index contributed by atoms with van der Waals surface area (Å²) in [5, 5.41) is 5.54. The number of hydrogen-bond donors (Lipinski definition) is 0. The van der Waals surface area contributed by atoms with Crippen molar-refractivity contribution in [2.75, 3.05) is 0 Å². The van der Waals surface area contributed by atoms with Crippen LogP contribution in [0.3, 0.4) is 0 Å². The van der Waals surface area contributed by atoms with Crippen molar-refractivity contribution in [3.63, 3.8) is 0 Å². The molecule has 0 fully saturated rings. The molecule has 0 aliphatic heterocycles. The van der Waals surface area contributed by atoms with Gasteiger partial charge in [0.15, 0.2) is 4.34 Å². The predicted molar refractivity (Wildman–Crippen MR) is 63.5 cm³/mol. The lowest BCUT2D eigenvalue weighted by Gasteiger charge is -1.91. The largest absolute Gasteiger partial charge is 0.235 e. The van der Waals surface area contributed by atoms with Crippen LogP contribution in [0.1, 0.15) is 10.7 Å². The molecular weight excluding hydrogens is 256 g/mol. The van der Waals surface area contributed by atoms with Crippen molar-refractivity contribution >= 4 is 46.0 Å². The Morgan fingerprint density at radius 3 is 2.79 bits per heavy atom. The average molecular weight is 263 g/mol. The van der Waals surface area contributed by atoms with Gasteiger partial charge in [0.05, 0.1) is 5.75 Å². The van der Waals surface area contributed by atoms with Crippen molar-refractivity contribution < 1.29 is 0 Å². The summed E-state index contributed by atoms with van der Waals surface area (Å²) in [7, 11) is 0. The molecule has 14 heavy (non-hydrogen) atoms. The zero-order valence-corrected chi connectivity index (χ0v) is 10.6. The van der Waals surface area contributed by atoms with E-state index >= 15 is 0 Å². The Labute approximate surface area is 99.4 Å². The molecule has 0 N–H and O–H groups in total. The van der Waals surface area contributed by atoms with Crippen molar-refractivity contribution in [2.45, 2.75) is 17.0 Å². The van der Waals surface area contributed by atoms with E-state index in [0.717, 1.165) is 20.8 Å². The van der Waals surface area contributed by atoms with Crippen molar-refractivity contribution in [3.8, 4) is 0 Å². The molecule has 0 aromatic carbocycles.